The number of aryl methyl sites for hydroxylation is 2. The largest absolute Gasteiger partial charge is 0.236 e. The van der Waals surface area contributed by atoms with E-state index in [2.05, 4.69) is 141 Å². The number of aromatic nitrogens is 2. The lowest BCUT2D eigenvalue weighted by Gasteiger charge is -2.19. The Morgan fingerprint density at radius 2 is 1.07 bits per heavy atom. The molecular weight excluding hydrogens is 557 g/mol. The fraction of sp³-hybridized carbons (Fsp3) is 0.128. The molecule has 6 aromatic rings. The first-order valence-corrected chi connectivity index (χ1v) is 15.9. The minimum atomic E-state index is 0.151. The standard InChI is InChI=1S/C39H34N4S/c1-26-23-33(35-25-34(30-15-9-5-10-16-30)40-37(41-35)31-17-11-6-12-18-31)24-27(2)36(26)38-42-43(3)39(44-38)32-21-19-29(20-22-32)28-13-7-4-8-14-28/h4-25,38-39,42H,1-3H3. The van der Waals surface area contributed by atoms with Crippen molar-refractivity contribution in [2.45, 2.75) is 24.6 Å². The fourth-order valence-corrected chi connectivity index (χ4v) is 7.56. The molecule has 0 bridgehead atoms. The molecule has 0 aliphatic carbocycles. The third kappa shape index (κ3) is 5.70. The third-order valence-corrected chi connectivity index (χ3v) is 9.68. The van der Waals surface area contributed by atoms with Crippen LogP contribution in [0.5, 0.6) is 0 Å². The lowest BCUT2D eigenvalue weighted by atomic mass is 9.97. The molecule has 1 aliphatic heterocycles. The van der Waals surface area contributed by atoms with Crippen LogP contribution in [0.4, 0.5) is 0 Å². The van der Waals surface area contributed by atoms with E-state index in [1.54, 1.807) is 0 Å². The number of nitrogens with zero attached hydrogens (tertiary/aromatic N) is 3. The second-order valence-corrected chi connectivity index (χ2v) is 12.5. The molecule has 1 saturated heterocycles. The van der Waals surface area contributed by atoms with Gasteiger partial charge in [0, 0.05) is 23.7 Å². The van der Waals surface area contributed by atoms with E-state index in [4.69, 9.17) is 9.97 Å². The summed E-state index contributed by atoms with van der Waals surface area (Å²) in [6.07, 6.45) is 0. The van der Waals surface area contributed by atoms with Crippen molar-refractivity contribution in [2.75, 3.05) is 7.05 Å². The van der Waals surface area contributed by atoms with E-state index >= 15 is 0 Å². The highest BCUT2D eigenvalue weighted by atomic mass is 32.2. The Kier molecular flexibility index (Phi) is 7.84. The molecule has 1 N–H and O–H groups in total. The van der Waals surface area contributed by atoms with Crippen molar-refractivity contribution in [3.8, 4) is 45.0 Å². The van der Waals surface area contributed by atoms with E-state index in [0.29, 0.717) is 0 Å². The van der Waals surface area contributed by atoms with Gasteiger partial charge < -0.3 is 0 Å². The maximum atomic E-state index is 5.06. The van der Waals surface area contributed by atoms with Crippen molar-refractivity contribution in [3.05, 3.63) is 156 Å². The van der Waals surface area contributed by atoms with E-state index < -0.39 is 0 Å². The topological polar surface area (TPSA) is 41.1 Å². The summed E-state index contributed by atoms with van der Waals surface area (Å²) in [5.74, 6) is 0.733. The number of hydrogen-bond acceptors (Lipinski definition) is 5. The van der Waals surface area contributed by atoms with Crippen LogP contribution >= 0.6 is 11.8 Å². The van der Waals surface area contributed by atoms with Crippen LogP contribution in [0.2, 0.25) is 0 Å². The molecule has 44 heavy (non-hydrogen) atoms. The summed E-state index contributed by atoms with van der Waals surface area (Å²) in [6, 6.07) is 46.7. The highest BCUT2D eigenvalue weighted by molar-refractivity contribution is 7.99. The molecule has 4 nitrogen and oxygen atoms in total. The summed E-state index contributed by atoms with van der Waals surface area (Å²) >= 11 is 1.95. The van der Waals surface area contributed by atoms with Crippen molar-refractivity contribution in [3.63, 3.8) is 0 Å². The van der Waals surface area contributed by atoms with Gasteiger partial charge in [0.25, 0.3) is 0 Å². The summed E-state index contributed by atoms with van der Waals surface area (Å²) in [5, 5.41) is 2.60. The highest BCUT2D eigenvalue weighted by Crippen LogP contribution is 2.48. The molecule has 5 heteroatoms. The van der Waals surface area contributed by atoms with Gasteiger partial charge in [0.15, 0.2) is 5.82 Å². The predicted molar refractivity (Wildman–Crippen MR) is 184 cm³/mol. The summed E-state index contributed by atoms with van der Waals surface area (Å²) < 4.78 is 0. The normalized spacial score (nSPS) is 16.7. The van der Waals surface area contributed by atoms with Gasteiger partial charge in [0.2, 0.25) is 0 Å². The quantitative estimate of drug-likeness (QED) is 0.209. The minimum Gasteiger partial charge on any atom is -0.236 e. The SMILES string of the molecule is Cc1cc(-c2cc(-c3ccccc3)nc(-c3ccccc3)n2)cc(C)c1C1NN(C)C(c2ccc(-c3ccccc3)cc2)S1. The zero-order valence-electron chi connectivity index (χ0n) is 25.1. The van der Waals surface area contributed by atoms with Crippen molar-refractivity contribution >= 4 is 11.8 Å². The summed E-state index contributed by atoms with van der Waals surface area (Å²) in [7, 11) is 2.14. The Morgan fingerprint density at radius 3 is 1.66 bits per heavy atom. The molecule has 7 rings (SSSR count). The first-order valence-electron chi connectivity index (χ1n) is 14.9. The molecule has 216 valence electrons. The monoisotopic (exact) mass is 590 g/mol. The number of benzene rings is 5. The number of rotatable bonds is 6. The van der Waals surface area contributed by atoms with Gasteiger partial charge in [-0.2, -0.15) is 0 Å². The molecule has 1 fully saturated rings. The van der Waals surface area contributed by atoms with Crippen LogP contribution < -0.4 is 5.43 Å². The second-order valence-electron chi connectivity index (χ2n) is 11.3. The molecule has 0 saturated carbocycles. The first-order chi connectivity index (χ1) is 21.5. The molecule has 0 radical (unpaired) electrons. The predicted octanol–water partition coefficient (Wildman–Crippen LogP) is 9.64. The van der Waals surface area contributed by atoms with E-state index in [1.807, 2.05) is 36.0 Å². The van der Waals surface area contributed by atoms with Gasteiger partial charge in [0.05, 0.1) is 22.1 Å². The van der Waals surface area contributed by atoms with Crippen LogP contribution in [0, 0.1) is 13.8 Å². The highest BCUT2D eigenvalue weighted by Gasteiger charge is 2.33. The third-order valence-electron chi connectivity index (χ3n) is 8.22. The van der Waals surface area contributed by atoms with E-state index in [1.165, 1.54) is 33.4 Å². The molecule has 2 atom stereocenters. The smallest absolute Gasteiger partial charge is 0.160 e. The van der Waals surface area contributed by atoms with E-state index in [-0.39, 0.29) is 10.7 Å². The Morgan fingerprint density at radius 1 is 0.568 bits per heavy atom. The lowest BCUT2D eigenvalue weighted by molar-refractivity contribution is 0.238. The first kappa shape index (κ1) is 28.2. The number of hydrazine groups is 1. The van der Waals surface area contributed by atoms with Crippen LogP contribution in [0.3, 0.4) is 0 Å². The van der Waals surface area contributed by atoms with Crippen LogP contribution in [0.1, 0.15) is 33.0 Å². The molecule has 0 amide bonds. The summed E-state index contributed by atoms with van der Waals surface area (Å²) in [6.45, 7) is 4.43. The maximum Gasteiger partial charge on any atom is 0.160 e. The van der Waals surface area contributed by atoms with Crippen molar-refractivity contribution in [1.82, 2.24) is 20.4 Å². The minimum absolute atomic E-state index is 0.151. The summed E-state index contributed by atoms with van der Waals surface area (Å²) in [5.41, 5.74) is 16.4. The number of thioether (sulfide) groups is 1. The zero-order valence-corrected chi connectivity index (χ0v) is 25.9. The Balaban J connectivity index is 1.19. The summed E-state index contributed by atoms with van der Waals surface area (Å²) in [4.78, 5) is 10.0. The van der Waals surface area contributed by atoms with E-state index in [9.17, 15) is 0 Å². The van der Waals surface area contributed by atoms with Crippen molar-refractivity contribution in [2.24, 2.45) is 0 Å². The average Bonchev–Trinajstić information content (AvgIpc) is 3.46. The second kappa shape index (κ2) is 12.2. The Bertz CT molecular complexity index is 1810. The molecule has 2 heterocycles. The van der Waals surface area contributed by atoms with Gasteiger partial charge in [-0.1, -0.05) is 115 Å². The van der Waals surface area contributed by atoms with Gasteiger partial charge >= 0.3 is 0 Å². The van der Waals surface area contributed by atoms with Gasteiger partial charge in [-0.3, -0.25) is 0 Å². The molecule has 2 unspecified atom stereocenters. The Labute approximate surface area is 263 Å². The number of nitrogens with one attached hydrogen (secondary N) is 1. The van der Waals surface area contributed by atoms with Gasteiger partial charge in [-0.25, -0.2) is 20.4 Å². The van der Waals surface area contributed by atoms with Crippen molar-refractivity contribution < 1.29 is 0 Å². The lowest BCUT2D eigenvalue weighted by Crippen LogP contribution is -2.30. The molecule has 5 aromatic carbocycles. The molecule has 0 spiro atoms. The van der Waals surface area contributed by atoms with Crippen molar-refractivity contribution in [1.29, 1.82) is 0 Å². The van der Waals surface area contributed by atoms with Gasteiger partial charge in [-0.15, -0.1) is 11.8 Å². The average molecular weight is 591 g/mol. The number of hydrogen-bond donors (Lipinski definition) is 1. The van der Waals surface area contributed by atoms with Crippen LogP contribution in [0.25, 0.3) is 45.0 Å². The van der Waals surface area contributed by atoms with Crippen LogP contribution in [0.15, 0.2) is 133 Å². The van der Waals surface area contributed by atoms with Gasteiger partial charge in [0.1, 0.15) is 0 Å². The maximum absolute atomic E-state index is 5.06. The molecular formula is C39H34N4S. The fourth-order valence-electron chi connectivity index (χ4n) is 6.01. The van der Waals surface area contributed by atoms with E-state index in [0.717, 1.165) is 33.9 Å². The molecule has 1 aromatic heterocycles. The van der Waals surface area contributed by atoms with Crippen LogP contribution in [-0.2, 0) is 0 Å². The van der Waals surface area contributed by atoms with Crippen LogP contribution in [-0.4, -0.2) is 22.0 Å². The molecule has 1 aliphatic rings. The Hall–Kier alpha value is -4.55. The van der Waals surface area contributed by atoms with Gasteiger partial charge in [-0.05, 0) is 65.4 Å². The zero-order chi connectivity index (χ0) is 30.0.